The van der Waals surface area contributed by atoms with Crippen LogP contribution in [0.1, 0.15) is 34.1 Å². The number of methoxy groups -OCH3 is 1. The summed E-state index contributed by atoms with van der Waals surface area (Å²) in [5, 5.41) is 12.9. The van der Waals surface area contributed by atoms with Crippen LogP contribution < -0.4 is 5.32 Å². The lowest BCUT2D eigenvalue weighted by Gasteiger charge is -2.26. The first-order chi connectivity index (χ1) is 6.37. The molecule has 0 aliphatic carbocycles. The zero-order valence-electron chi connectivity index (χ0n) is 10.1. The summed E-state index contributed by atoms with van der Waals surface area (Å²) in [6.45, 7) is 9.86. The Morgan fingerprint density at radius 3 is 2.29 bits per heavy atom. The molecule has 0 bridgehead atoms. The minimum atomic E-state index is -0.330. The molecule has 1 atom stereocenters. The second-order valence-electron chi connectivity index (χ2n) is 4.87. The summed E-state index contributed by atoms with van der Waals surface area (Å²) in [6, 6.07) is 0. The molecule has 0 aromatic carbocycles. The highest BCUT2D eigenvalue weighted by Crippen LogP contribution is 2.14. The number of ether oxygens (including phenoxy) is 1. The van der Waals surface area contributed by atoms with E-state index in [1.807, 2.05) is 13.8 Å². The molecule has 86 valence electrons. The third-order valence-electron chi connectivity index (χ3n) is 2.21. The van der Waals surface area contributed by atoms with Crippen LogP contribution in [-0.2, 0) is 4.74 Å². The highest BCUT2D eigenvalue weighted by atomic mass is 16.5. The first-order valence-electron chi connectivity index (χ1n) is 5.31. The van der Waals surface area contributed by atoms with Gasteiger partial charge in [-0.3, -0.25) is 0 Å². The monoisotopic (exact) mass is 203 g/mol. The molecule has 0 radical (unpaired) electrons. The molecule has 3 nitrogen and oxygen atoms in total. The van der Waals surface area contributed by atoms with Gasteiger partial charge in [0.1, 0.15) is 0 Å². The lowest BCUT2D eigenvalue weighted by atomic mass is 10.0. The third kappa shape index (κ3) is 7.30. The van der Waals surface area contributed by atoms with Crippen molar-refractivity contribution in [2.24, 2.45) is 5.92 Å². The van der Waals surface area contributed by atoms with Crippen molar-refractivity contribution in [3.63, 3.8) is 0 Å². The lowest BCUT2D eigenvalue weighted by molar-refractivity contribution is -0.0189. The Bertz CT molecular complexity index is 146. The van der Waals surface area contributed by atoms with Crippen LogP contribution in [-0.4, -0.2) is 37.0 Å². The summed E-state index contributed by atoms with van der Waals surface area (Å²) >= 11 is 0. The van der Waals surface area contributed by atoms with Gasteiger partial charge in [0.2, 0.25) is 0 Å². The quantitative estimate of drug-likeness (QED) is 0.657. The second-order valence-corrected chi connectivity index (χ2v) is 4.87. The predicted octanol–water partition coefficient (Wildman–Crippen LogP) is 1.41. The Hall–Kier alpha value is -0.120. The Morgan fingerprint density at radius 1 is 1.29 bits per heavy atom. The minimum Gasteiger partial charge on any atom is -0.392 e. The summed E-state index contributed by atoms with van der Waals surface area (Å²) in [5.74, 6) is 0.623. The first kappa shape index (κ1) is 13.9. The molecule has 0 saturated carbocycles. The predicted molar refractivity (Wildman–Crippen MR) is 59.4 cm³/mol. The molecular formula is C11H25NO2. The molecule has 0 amide bonds. The van der Waals surface area contributed by atoms with Gasteiger partial charge < -0.3 is 15.2 Å². The fourth-order valence-electron chi connectivity index (χ4n) is 1.26. The summed E-state index contributed by atoms with van der Waals surface area (Å²) in [5.41, 5.74) is -0.237. The lowest BCUT2D eigenvalue weighted by Crippen LogP contribution is -2.36. The summed E-state index contributed by atoms with van der Waals surface area (Å²) in [4.78, 5) is 0. The fourth-order valence-corrected chi connectivity index (χ4v) is 1.26. The summed E-state index contributed by atoms with van der Waals surface area (Å²) in [7, 11) is 1.67. The molecule has 0 saturated heterocycles. The average molecular weight is 203 g/mol. The van der Waals surface area contributed by atoms with Gasteiger partial charge in [0.05, 0.1) is 11.7 Å². The van der Waals surface area contributed by atoms with Gasteiger partial charge in [-0.2, -0.15) is 0 Å². The molecule has 1 unspecified atom stereocenters. The van der Waals surface area contributed by atoms with E-state index in [2.05, 4.69) is 19.2 Å². The smallest absolute Gasteiger partial charge is 0.0691 e. The van der Waals surface area contributed by atoms with Crippen molar-refractivity contribution in [1.82, 2.24) is 5.32 Å². The molecule has 0 spiro atoms. The van der Waals surface area contributed by atoms with Gasteiger partial charge in [-0.1, -0.05) is 13.8 Å². The minimum absolute atomic E-state index is 0.237. The third-order valence-corrected chi connectivity index (χ3v) is 2.21. The van der Waals surface area contributed by atoms with Gasteiger partial charge in [-0.25, -0.2) is 0 Å². The molecule has 3 heteroatoms. The Balaban J connectivity index is 3.60. The maximum atomic E-state index is 9.69. The highest BCUT2D eigenvalue weighted by molar-refractivity contribution is 4.74. The van der Waals surface area contributed by atoms with Gasteiger partial charge in [0, 0.05) is 20.1 Å². The van der Waals surface area contributed by atoms with Crippen molar-refractivity contribution in [3.8, 4) is 0 Å². The maximum absolute atomic E-state index is 9.69. The SMILES string of the molecule is COC(C)(C)CC(O)CNCC(C)C. The van der Waals surface area contributed by atoms with Crippen LogP contribution in [0.2, 0.25) is 0 Å². The molecular weight excluding hydrogens is 178 g/mol. The highest BCUT2D eigenvalue weighted by Gasteiger charge is 2.20. The number of aliphatic hydroxyl groups excluding tert-OH is 1. The first-order valence-corrected chi connectivity index (χ1v) is 5.31. The van der Waals surface area contributed by atoms with Crippen LogP contribution in [0.5, 0.6) is 0 Å². The second kappa shape index (κ2) is 6.38. The van der Waals surface area contributed by atoms with Crippen molar-refractivity contribution >= 4 is 0 Å². The van der Waals surface area contributed by atoms with E-state index in [-0.39, 0.29) is 11.7 Å². The Kier molecular flexibility index (Phi) is 6.33. The Labute approximate surface area is 87.8 Å². The Morgan fingerprint density at radius 2 is 1.86 bits per heavy atom. The van der Waals surface area contributed by atoms with Crippen LogP contribution in [0, 0.1) is 5.92 Å². The van der Waals surface area contributed by atoms with Gasteiger partial charge >= 0.3 is 0 Å². The van der Waals surface area contributed by atoms with Crippen LogP contribution in [0.25, 0.3) is 0 Å². The number of aliphatic hydroxyl groups is 1. The van der Waals surface area contributed by atoms with Crippen molar-refractivity contribution in [2.75, 3.05) is 20.2 Å². The van der Waals surface area contributed by atoms with Gasteiger partial charge in [0.25, 0.3) is 0 Å². The van der Waals surface area contributed by atoms with Crippen molar-refractivity contribution in [3.05, 3.63) is 0 Å². The topological polar surface area (TPSA) is 41.5 Å². The van der Waals surface area contributed by atoms with E-state index in [1.165, 1.54) is 0 Å². The number of rotatable bonds is 7. The molecule has 0 aliphatic heterocycles. The van der Waals surface area contributed by atoms with E-state index in [4.69, 9.17) is 4.74 Å². The van der Waals surface area contributed by atoms with E-state index in [0.29, 0.717) is 18.9 Å². The standard InChI is InChI=1S/C11H25NO2/c1-9(2)7-12-8-10(13)6-11(3,4)14-5/h9-10,12-13H,6-8H2,1-5H3. The molecule has 0 aliphatic rings. The molecule has 0 aromatic rings. The van der Waals surface area contributed by atoms with E-state index in [1.54, 1.807) is 7.11 Å². The molecule has 0 heterocycles. The fraction of sp³-hybridized carbons (Fsp3) is 1.00. The van der Waals surface area contributed by atoms with E-state index >= 15 is 0 Å². The average Bonchev–Trinajstić information content (AvgIpc) is 2.02. The molecule has 0 rings (SSSR count). The van der Waals surface area contributed by atoms with Crippen LogP contribution in [0.4, 0.5) is 0 Å². The number of hydrogen-bond donors (Lipinski definition) is 2. The maximum Gasteiger partial charge on any atom is 0.0691 e. The van der Waals surface area contributed by atoms with Crippen molar-refractivity contribution in [2.45, 2.75) is 45.8 Å². The van der Waals surface area contributed by atoms with Crippen LogP contribution in [0.3, 0.4) is 0 Å². The van der Waals surface area contributed by atoms with Gasteiger partial charge in [-0.05, 0) is 26.3 Å². The van der Waals surface area contributed by atoms with E-state index in [0.717, 1.165) is 6.54 Å². The van der Waals surface area contributed by atoms with Crippen LogP contribution >= 0.6 is 0 Å². The normalized spacial score (nSPS) is 14.8. The van der Waals surface area contributed by atoms with E-state index in [9.17, 15) is 5.11 Å². The van der Waals surface area contributed by atoms with Gasteiger partial charge in [-0.15, -0.1) is 0 Å². The van der Waals surface area contributed by atoms with Crippen LogP contribution in [0.15, 0.2) is 0 Å². The molecule has 14 heavy (non-hydrogen) atoms. The van der Waals surface area contributed by atoms with Gasteiger partial charge in [0.15, 0.2) is 0 Å². The zero-order chi connectivity index (χ0) is 11.2. The van der Waals surface area contributed by atoms with Crippen molar-refractivity contribution in [1.29, 1.82) is 0 Å². The molecule has 0 fully saturated rings. The summed E-state index contributed by atoms with van der Waals surface area (Å²) < 4.78 is 5.25. The zero-order valence-corrected chi connectivity index (χ0v) is 10.1. The van der Waals surface area contributed by atoms with E-state index < -0.39 is 0 Å². The number of nitrogens with one attached hydrogen (secondary N) is 1. The number of hydrogen-bond acceptors (Lipinski definition) is 3. The molecule has 0 aromatic heterocycles. The largest absolute Gasteiger partial charge is 0.392 e. The summed E-state index contributed by atoms with van der Waals surface area (Å²) in [6.07, 6.45) is 0.331. The molecule has 2 N–H and O–H groups in total. The van der Waals surface area contributed by atoms with Crippen molar-refractivity contribution < 1.29 is 9.84 Å².